The van der Waals surface area contributed by atoms with Crippen molar-refractivity contribution < 1.29 is 14.3 Å². The lowest BCUT2D eigenvalue weighted by Gasteiger charge is -2.06. The summed E-state index contributed by atoms with van der Waals surface area (Å²) in [7, 11) is 0. The Hall–Kier alpha value is -1.67. The number of carbonyl (C=O) groups excluding carboxylic acids is 2. The molecule has 19 heavy (non-hydrogen) atoms. The summed E-state index contributed by atoms with van der Waals surface area (Å²) in [5, 5.41) is 9.62. The molecule has 4 nitrogen and oxygen atoms in total. The van der Waals surface area contributed by atoms with Crippen LogP contribution in [0.15, 0.2) is 18.2 Å². The Labute approximate surface area is 120 Å². The van der Waals surface area contributed by atoms with Crippen LogP contribution in [0.4, 0.5) is 0 Å². The molecule has 0 unspecified atom stereocenters. The number of nitrogens with zero attached hydrogens (tertiary/aromatic N) is 1. The SMILES string of the molecule is CCOC(=O)Cc1ccc(C(=O)CCBr)c(C#N)c1. The van der Waals surface area contributed by atoms with Crippen LogP contribution in [0.5, 0.6) is 0 Å². The lowest BCUT2D eigenvalue weighted by molar-refractivity contribution is -0.142. The number of carbonyl (C=O) groups is 2. The summed E-state index contributed by atoms with van der Waals surface area (Å²) in [6.07, 6.45) is 0.446. The van der Waals surface area contributed by atoms with Gasteiger partial charge in [0.1, 0.15) is 0 Å². The van der Waals surface area contributed by atoms with Crippen molar-refractivity contribution >= 4 is 27.7 Å². The summed E-state index contributed by atoms with van der Waals surface area (Å²) < 4.78 is 4.84. The number of alkyl halides is 1. The van der Waals surface area contributed by atoms with Crippen LogP contribution < -0.4 is 0 Å². The van der Waals surface area contributed by atoms with E-state index in [1.165, 1.54) is 0 Å². The van der Waals surface area contributed by atoms with Crippen molar-refractivity contribution in [3.63, 3.8) is 0 Å². The lowest BCUT2D eigenvalue weighted by Crippen LogP contribution is -2.09. The number of nitriles is 1. The highest BCUT2D eigenvalue weighted by Crippen LogP contribution is 2.15. The van der Waals surface area contributed by atoms with Gasteiger partial charge in [-0.1, -0.05) is 22.0 Å². The van der Waals surface area contributed by atoms with Gasteiger partial charge >= 0.3 is 5.97 Å². The fourth-order valence-corrected chi connectivity index (χ4v) is 2.00. The van der Waals surface area contributed by atoms with E-state index >= 15 is 0 Å². The Balaban J connectivity index is 2.93. The van der Waals surface area contributed by atoms with Gasteiger partial charge in [0.25, 0.3) is 0 Å². The third kappa shape index (κ3) is 4.49. The molecule has 0 aliphatic rings. The Morgan fingerprint density at radius 1 is 1.42 bits per heavy atom. The molecule has 0 aliphatic heterocycles. The Morgan fingerprint density at radius 2 is 2.16 bits per heavy atom. The summed E-state index contributed by atoms with van der Waals surface area (Å²) in [5.41, 5.74) is 1.37. The number of Topliss-reactive ketones (excluding diaryl/α,β-unsaturated/α-hetero) is 1. The molecule has 0 radical (unpaired) electrons. The van der Waals surface area contributed by atoms with Crippen molar-refractivity contribution in [1.82, 2.24) is 0 Å². The predicted molar refractivity (Wildman–Crippen MR) is 74.2 cm³/mol. The summed E-state index contributed by atoms with van der Waals surface area (Å²) in [5.74, 6) is -0.429. The van der Waals surface area contributed by atoms with Gasteiger partial charge in [-0.05, 0) is 24.6 Å². The fourth-order valence-electron chi connectivity index (χ4n) is 1.64. The first kappa shape index (κ1) is 15.4. The van der Waals surface area contributed by atoms with Crippen LogP contribution in [0.25, 0.3) is 0 Å². The normalized spacial score (nSPS) is 9.74. The monoisotopic (exact) mass is 323 g/mol. The molecule has 0 saturated heterocycles. The van der Waals surface area contributed by atoms with Gasteiger partial charge in [0.2, 0.25) is 0 Å². The number of benzene rings is 1. The molecule has 5 heteroatoms. The summed E-state index contributed by atoms with van der Waals surface area (Å²) in [4.78, 5) is 23.1. The van der Waals surface area contributed by atoms with E-state index in [-0.39, 0.29) is 18.2 Å². The molecule has 1 aromatic rings. The van der Waals surface area contributed by atoms with Crippen LogP contribution in [-0.2, 0) is 16.0 Å². The molecular formula is C14H14BrNO3. The molecule has 0 amide bonds. The second-order valence-corrected chi connectivity index (χ2v) is 4.63. The van der Waals surface area contributed by atoms with Gasteiger partial charge in [-0.15, -0.1) is 0 Å². The average molecular weight is 324 g/mol. The third-order valence-corrected chi connectivity index (χ3v) is 2.88. The van der Waals surface area contributed by atoms with Crippen LogP contribution in [0.2, 0.25) is 0 Å². The van der Waals surface area contributed by atoms with Crippen LogP contribution in [0.3, 0.4) is 0 Å². The van der Waals surface area contributed by atoms with E-state index in [1.54, 1.807) is 25.1 Å². The smallest absolute Gasteiger partial charge is 0.310 e. The quantitative estimate of drug-likeness (QED) is 0.458. The van der Waals surface area contributed by atoms with Gasteiger partial charge in [0.15, 0.2) is 5.78 Å². The molecule has 0 heterocycles. The van der Waals surface area contributed by atoms with Crippen LogP contribution in [-0.4, -0.2) is 23.7 Å². The van der Waals surface area contributed by atoms with Crippen LogP contribution in [0, 0.1) is 11.3 Å². The second-order valence-electron chi connectivity index (χ2n) is 3.84. The second kappa shape index (κ2) is 7.70. The molecule has 100 valence electrons. The first-order chi connectivity index (χ1) is 9.12. The minimum Gasteiger partial charge on any atom is -0.466 e. The molecule has 1 aromatic carbocycles. The highest BCUT2D eigenvalue weighted by atomic mass is 79.9. The Kier molecular flexibility index (Phi) is 6.23. The first-order valence-corrected chi connectivity index (χ1v) is 7.02. The maximum atomic E-state index is 11.8. The van der Waals surface area contributed by atoms with Crippen LogP contribution in [0.1, 0.15) is 34.8 Å². The largest absolute Gasteiger partial charge is 0.466 e. The van der Waals surface area contributed by atoms with Crippen molar-refractivity contribution in [2.45, 2.75) is 19.8 Å². The van der Waals surface area contributed by atoms with Crippen molar-refractivity contribution in [3.05, 3.63) is 34.9 Å². The zero-order chi connectivity index (χ0) is 14.3. The average Bonchev–Trinajstić information content (AvgIpc) is 2.39. The van der Waals surface area contributed by atoms with Gasteiger partial charge in [-0.25, -0.2) is 0 Å². The summed E-state index contributed by atoms with van der Waals surface area (Å²) in [6, 6.07) is 6.84. The van der Waals surface area contributed by atoms with Gasteiger partial charge in [0, 0.05) is 17.3 Å². The minimum atomic E-state index is -0.342. The molecule has 0 saturated carbocycles. The molecular weight excluding hydrogens is 310 g/mol. The van der Waals surface area contributed by atoms with Crippen molar-refractivity contribution in [2.24, 2.45) is 0 Å². The molecule has 0 fully saturated rings. The predicted octanol–water partition coefficient (Wildman–Crippen LogP) is 2.63. The minimum absolute atomic E-state index is 0.0869. The van der Waals surface area contributed by atoms with E-state index in [0.29, 0.717) is 35.0 Å². The fraction of sp³-hybridized carbons (Fsp3) is 0.357. The highest BCUT2D eigenvalue weighted by molar-refractivity contribution is 9.09. The number of ketones is 1. The Bertz CT molecular complexity index is 520. The number of ether oxygens (including phenoxy) is 1. The summed E-state index contributed by atoms with van der Waals surface area (Å²) >= 11 is 3.19. The third-order valence-electron chi connectivity index (χ3n) is 2.48. The molecule has 0 spiro atoms. The maximum absolute atomic E-state index is 11.8. The van der Waals surface area contributed by atoms with E-state index in [9.17, 15) is 9.59 Å². The molecule has 0 aliphatic carbocycles. The maximum Gasteiger partial charge on any atom is 0.310 e. The molecule has 1 rings (SSSR count). The number of hydrogen-bond donors (Lipinski definition) is 0. The van der Waals surface area contributed by atoms with Gasteiger partial charge in [-0.2, -0.15) is 5.26 Å². The number of rotatable bonds is 6. The highest BCUT2D eigenvalue weighted by Gasteiger charge is 2.13. The standard InChI is InChI=1S/C14H14BrNO3/c1-2-19-14(18)8-10-3-4-12(11(7-10)9-16)13(17)5-6-15/h3-4,7H,2,5-6,8H2,1H3. The molecule has 0 aromatic heterocycles. The number of halogens is 1. The van der Waals surface area contributed by atoms with Gasteiger partial charge in [-0.3, -0.25) is 9.59 Å². The topological polar surface area (TPSA) is 67.2 Å². The van der Waals surface area contributed by atoms with Gasteiger partial charge < -0.3 is 4.74 Å². The molecule has 0 N–H and O–H groups in total. The van der Waals surface area contributed by atoms with E-state index in [2.05, 4.69) is 15.9 Å². The molecule has 0 atom stereocenters. The van der Waals surface area contributed by atoms with E-state index in [0.717, 1.165) is 0 Å². The Morgan fingerprint density at radius 3 is 2.74 bits per heavy atom. The number of hydrogen-bond acceptors (Lipinski definition) is 4. The van der Waals surface area contributed by atoms with Crippen LogP contribution >= 0.6 is 15.9 Å². The van der Waals surface area contributed by atoms with Crippen molar-refractivity contribution in [1.29, 1.82) is 5.26 Å². The van der Waals surface area contributed by atoms with Crippen molar-refractivity contribution in [3.8, 4) is 6.07 Å². The van der Waals surface area contributed by atoms with E-state index < -0.39 is 0 Å². The zero-order valence-corrected chi connectivity index (χ0v) is 12.2. The van der Waals surface area contributed by atoms with Gasteiger partial charge in [0.05, 0.1) is 24.7 Å². The zero-order valence-electron chi connectivity index (χ0n) is 10.6. The summed E-state index contributed by atoms with van der Waals surface area (Å²) in [6.45, 7) is 2.06. The van der Waals surface area contributed by atoms with E-state index in [4.69, 9.17) is 10.00 Å². The molecule has 0 bridgehead atoms. The lowest BCUT2D eigenvalue weighted by atomic mass is 9.99. The van der Waals surface area contributed by atoms with E-state index in [1.807, 2.05) is 6.07 Å². The number of esters is 1. The first-order valence-electron chi connectivity index (χ1n) is 5.90. The van der Waals surface area contributed by atoms with Crippen molar-refractivity contribution in [2.75, 3.05) is 11.9 Å².